The Morgan fingerprint density at radius 1 is 1.35 bits per heavy atom. The minimum absolute atomic E-state index is 0.00634. The highest BCUT2D eigenvalue weighted by atomic mass is 16.4. The summed E-state index contributed by atoms with van der Waals surface area (Å²) in [5.74, 6) is -0.830. The molecule has 1 fully saturated rings. The van der Waals surface area contributed by atoms with Crippen LogP contribution in [0.15, 0.2) is 24.3 Å². The number of phenols is 1. The van der Waals surface area contributed by atoms with Crippen molar-refractivity contribution >= 4 is 5.97 Å². The van der Waals surface area contributed by atoms with Gasteiger partial charge in [-0.15, -0.1) is 0 Å². The molecule has 1 saturated heterocycles. The summed E-state index contributed by atoms with van der Waals surface area (Å²) in [5.41, 5.74) is 0.988. The number of rotatable bonds is 2. The zero-order valence-electron chi connectivity index (χ0n) is 9.84. The standard InChI is InChI=1S/C13H17NO3/c1-14-7-6-11(13(16)17)12(8-14)9-2-4-10(15)5-3-9/h2-5,11-12,15H,6-8H2,1H3,(H,16,17). The molecular weight excluding hydrogens is 218 g/mol. The Morgan fingerprint density at radius 3 is 2.59 bits per heavy atom. The zero-order chi connectivity index (χ0) is 12.4. The summed E-state index contributed by atoms with van der Waals surface area (Å²) in [6.45, 7) is 1.58. The predicted octanol–water partition coefficient (Wildman–Crippen LogP) is 1.51. The average Bonchev–Trinajstić information content (AvgIpc) is 2.29. The SMILES string of the molecule is CN1CCC(C(=O)O)C(c2ccc(O)cc2)C1. The van der Waals surface area contributed by atoms with E-state index in [1.165, 1.54) is 0 Å². The quantitative estimate of drug-likeness (QED) is 0.815. The third-order valence-corrected chi connectivity index (χ3v) is 3.45. The third-order valence-electron chi connectivity index (χ3n) is 3.45. The van der Waals surface area contributed by atoms with Gasteiger partial charge in [0.1, 0.15) is 5.75 Å². The first kappa shape index (κ1) is 11.9. The number of piperidine rings is 1. The van der Waals surface area contributed by atoms with Gasteiger partial charge in [-0.05, 0) is 37.7 Å². The van der Waals surface area contributed by atoms with E-state index in [9.17, 15) is 15.0 Å². The summed E-state index contributed by atoms with van der Waals surface area (Å²) in [6, 6.07) is 6.86. The molecule has 2 rings (SSSR count). The number of benzene rings is 1. The predicted molar refractivity (Wildman–Crippen MR) is 64.1 cm³/mol. The van der Waals surface area contributed by atoms with Crippen LogP contribution in [-0.4, -0.2) is 41.2 Å². The summed E-state index contributed by atoms with van der Waals surface area (Å²) in [4.78, 5) is 13.4. The summed E-state index contributed by atoms with van der Waals surface area (Å²) in [6.07, 6.45) is 0.678. The molecule has 1 aromatic rings. The van der Waals surface area contributed by atoms with Crippen molar-refractivity contribution in [3.63, 3.8) is 0 Å². The number of likely N-dealkylation sites (tertiary alicyclic amines) is 1. The van der Waals surface area contributed by atoms with Crippen LogP contribution in [-0.2, 0) is 4.79 Å². The summed E-state index contributed by atoms with van der Waals surface area (Å²) in [5, 5.41) is 18.5. The second-order valence-electron chi connectivity index (χ2n) is 4.69. The van der Waals surface area contributed by atoms with Crippen LogP contribution in [0.4, 0.5) is 0 Å². The molecule has 2 atom stereocenters. The van der Waals surface area contributed by atoms with Crippen LogP contribution in [0.3, 0.4) is 0 Å². The maximum atomic E-state index is 11.2. The minimum atomic E-state index is -0.726. The molecular formula is C13H17NO3. The molecule has 0 bridgehead atoms. The van der Waals surface area contributed by atoms with Gasteiger partial charge in [-0.25, -0.2) is 0 Å². The lowest BCUT2D eigenvalue weighted by Gasteiger charge is -2.34. The molecule has 0 spiro atoms. The first-order chi connectivity index (χ1) is 8.08. The number of aliphatic carboxylic acids is 1. The fourth-order valence-corrected chi connectivity index (χ4v) is 2.47. The van der Waals surface area contributed by atoms with Gasteiger partial charge in [-0.2, -0.15) is 0 Å². The Kier molecular flexibility index (Phi) is 3.33. The average molecular weight is 235 g/mol. The molecule has 0 radical (unpaired) electrons. The van der Waals surface area contributed by atoms with Crippen LogP contribution >= 0.6 is 0 Å². The molecule has 4 nitrogen and oxygen atoms in total. The van der Waals surface area contributed by atoms with Crippen molar-refractivity contribution in [2.45, 2.75) is 12.3 Å². The number of carboxylic acid groups (broad SMARTS) is 1. The largest absolute Gasteiger partial charge is 0.508 e. The highest BCUT2D eigenvalue weighted by Gasteiger charge is 2.33. The summed E-state index contributed by atoms with van der Waals surface area (Å²) in [7, 11) is 2.01. The third kappa shape index (κ3) is 2.58. The van der Waals surface area contributed by atoms with E-state index in [0.29, 0.717) is 6.42 Å². The molecule has 2 unspecified atom stereocenters. The number of carbonyl (C=O) groups is 1. The van der Waals surface area contributed by atoms with E-state index in [1.54, 1.807) is 12.1 Å². The van der Waals surface area contributed by atoms with Gasteiger partial charge in [-0.1, -0.05) is 12.1 Å². The lowest BCUT2D eigenvalue weighted by atomic mass is 9.81. The molecule has 1 aliphatic heterocycles. The molecule has 0 saturated carbocycles. The normalized spacial score (nSPS) is 25.7. The topological polar surface area (TPSA) is 60.8 Å². The molecule has 1 aliphatic rings. The van der Waals surface area contributed by atoms with E-state index in [1.807, 2.05) is 19.2 Å². The van der Waals surface area contributed by atoms with Crippen molar-refractivity contribution in [2.75, 3.05) is 20.1 Å². The zero-order valence-corrected chi connectivity index (χ0v) is 9.84. The fraction of sp³-hybridized carbons (Fsp3) is 0.462. The van der Waals surface area contributed by atoms with Gasteiger partial charge in [0.25, 0.3) is 0 Å². The fourth-order valence-electron chi connectivity index (χ4n) is 2.47. The van der Waals surface area contributed by atoms with E-state index < -0.39 is 5.97 Å². The Bertz CT molecular complexity index is 402. The molecule has 4 heteroatoms. The lowest BCUT2D eigenvalue weighted by molar-refractivity contribution is -0.144. The Balaban J connectivity index is 2.25. The van der Waals surface area contributed by atoms with E-state index in [-0.39, 0.29) is 17.6 Å². The van der Waals surface area contributed by atoms with Crippen LogP contribution in [0.5, 0.6) is 5.75 Å². The number of hydrogen-bond donors (Lipinski definition) is 2. The first-order valence-electron chi connectivity index (χ1n) is 5.78. The Labute approximate surface area is 100 Å². The van der Waals surface area contributed by atoms with E-state index >= 15 is 0 Å². The maximum absolute atomic E-state index is 11.2. The number of phenolic OH excluding ortho intramolecular Hbond substituents is 1. The number of nitrogens with zero attached hydrogens (tertiary/aromatic N) is 1. The van der Waals surface area contributed by atoms with Crippen molar-refractivity contribution in [1.82, 2.24) is 4.90 Å². The van der Waals surface area contributed by atoms with Gasteiger partial charge in [0.05, 0.1) is 5.92 Å². The van der Waals surface area contributed by atoms with Crippen molar-refractivity contribution < 1.29 is 15.0 Å². The molecule has 0 amide bonds. The highest BCUT2D eigenvalue weighted by Crippen LogP contribution is 2.32. The van der Waals surface area contributed by atoms with Crippen LogP contribution in [0.2, 0.25) is 0 Å². The lowest BCUT2D eigenvalue weighted by Crippen LogP contribution is -2.39. The van der Waals surface area contributed by atoms with Crippen LogP contribution in [0, 0.1) is 5.92 Å². The first-order valence-corrected chi connectivity index (χ1v) is 5.78. The van der Waals surface area contributed by atoms with E-state index in [0.717, 1.165) is 18.7 Å². The van der Waals surface area contributed by atoms with Crippen LogP contribution in [0.1, 0.15) is 17.9 Å². The molecule has 0 aliphatic carbocycles. The molecule has 92 valence electrons. The molecule has 2 N–H and O–H groups in total. The summed E-state index contributed by atoms with van der Waals surface area (Å²) >= 11 is 0. The van der Waals surface area contributed by atoms with Gasteiger partial charge >= 0.3 is 5.97 Å². The Hall–Kier alpha value is -1.55. The van der Waals surface area contributed by atoms with Crippen molar-refractivity contribution in [3.05, 3.63) is 29.8 Å². The van der Waals surface area contributed by atoms with Gasteiger partial charge in [0.2, 0.25) is 0 Å². The molecule has 1 aromatic carbocycles. The van der Waals surface area contributed by atoms with E-state index in [4.69, 9.17) is 0 Å². The minimum Gasteiger partial charge on any atom is -0.508 e. The summed E-state index contributed by atoms with van der Waals surface area (Å²) < 4.78 is 0. The molecule has 0 aromatic heterocycles. The van der Waals surface area contributed by atoms with Gasteiger partial charge in [-0.3, -0.25) is 4.79 Å². The van der Waals surface area contributed by atoms with Crippen LogP contribution in [0.25, 0.3) is 0 Å². The van der Waals surface area contributed by atoms with Gasteiger partial charge < -0.3 is 15.1 Å². The second kappa shape index (κ2) is 4.75. The van der Waals surface area contributed by atoms with E-state index in [2.05, 4.69) is 4.90 Å². The number of aromatic hydroxyl groups is 1. The van der Waals surface area contributed by atoms with Crippen molar-refractivity contribution in [1.29, 1.82) is 0 Å². The number of likely N-dealkylation sites (N-methyl/N-ethyl adjacent to an activating group) is 1. The second-order valence-corrected chi connectivity index (χ2v) is 4.69. The van der Waals surface area contributed by atoms with Gasteiger partial charge in [0, 0.05) is 12.5 Å². The van der Waals surface area contributed by atoms with Crippen molar-refractivity contribution in [2.24, 2.45) is 5.92 Å². The monoisotopic (exact) mass is 235 g/mol. The van der Waals surface area contributed by atoms with Crippen molar-refractivity contribution in [3.8, 4) is 5.75 Å². The maximum Gasteiger partial charge on any atom is 0.307 e. The molecule has 17 heavy (non-hydrogen) atoms. The number of carboxylic acids is 1. The van der Waals surface area contributed by atoms with Gasteiger partial charge in [0.15, 0.2) is 0 Å². The highest BCUT2D eigenvalue weighted by molar-refractivity contribution is 5.71. The smallest absolute Gasteiger partial charge is 0.307 e. The van der Waals surface area contributed by atoms with Crippen LogP contribution < -0.4 is 0 Å². The Morgan fingerprint density at radius 2 is 2.00 bits per heavy atom. The number of hydrogen-bond acceptors (Lipinski definition) is 3. The molecule has 1 heterocycles.